The molecule has 0 saturated heterocycles. The van der Waals surface area contributed by atoms with Crippen LogP contribution in [0.5, 0.6) is 0 Å². The molecular formula is C22H17Cl2F3N4OS. The third-order valence-corrected chi connectivity index (χ3v) is 6.56. The van der Waals surface area contributed by atoms with Gasteiger partial charge in [-0.05, 0) is 55.3 Å². The number of aromatic nitrogens is 4. The van der Waals surface area contributed by atoms with Crippen molar-refractivity contribution in [3.8, 4) is 5.69 Å². The quantitative estimate of drug-likeness (QED) is 0.226. The average molecular weight is 513 g/mol. The number of fused-ring (bicyclic) bond motifs is 1. The summed E-state index contributed by atoms with van der Waals surface area (Å²) in [5.41, 5.74) is 0.784. The summed E-state index contributed by atoms with van der Waals surface area (Å²) in [5.74, 6) is 0.441. The summed E-state index contributed by atoms with van der Waals surface area (Å²) in [6, 6.07) is 10.1. The van der Waals surface area contributed by atoms with E-state index >= 15 is 0 Å². The highest BCUT2D eigenvalue weighted by Crippen LogP contribution is 2.33. The maximum absolute atomic E-state index is 13.3. The smallest absolute Gasteiger partial charge is 0.315 e. The number of hydrogen-bond donors (Lipinski definition) is 0. The first-order chi connectivity index (χ1) is 15.7. The normalized spacial score (nSPS) is 11.9. The molecule has 0 bridgehead atoms. The van der Waals surface area contributed by atoms with E-state index in [0.717, 1.165) is 12.1 Å². The van der Waals surface area contributed by atoms with E-state index in [1.165, 1.54) is 22.4 Å². The Balaban J connectivity index is 1.67. The number of thioether (sulfide) groups is 1. The Hall–Kier alpha value is -2.49. The summed E-state index contributed by atoms with van der Waals surface area (Å²) in [7, 11) is 0. The Bertz CT molecular complexity index is 1370. The van der Waals surface area contributed by atoms with Crippen molar-refractivity contribution < 1.29 is 13.2 Å². The Kier molecular flexibility index (Phi) is 6.74. The van der Waals surface area contributed by atoms with Gasteiger partial charge in [-0.1, -0.05) is 41.0 Å². The summed E-state index contributed by atoms with van der Waals surface area (Å²) in [6.45, 7) is 2.52. The number of aryl methyl sites for hydroxylation is 2. The van der Waals surface area contributed by atoms with E-state index in [2.05, 4.69) is 9.97 Å². The van der Waals surface area contributed by atoms with Crippen molar-refractivity contribution in [2.75, 3.05) is 5.75 Å². The Morgan fingerprint density at radius 3 is 2.45 bits per heavy atom. The zero-order valence-corrected chi connectivity index (χ0v) is 19.6. The van der Waals surface area contributed by atoms with Crippen LogP contribution in [0.4, 0.5) is 13.2 Å². The first-order valence-electron chi connectivity index (χ1n) is 9.91. The molecule has 11 heteroatoms. The van der Waals surface area contributed by atoms with Crippen molar-refractivity contribution in [1.82, 2.24) is 19.1 Å². The Morgan fingerprint density at radius 2 is 1.82 bits per heavy atom. The number of halogens is 5. The standard InChI is InChI=1S/C22H17Cl2F3N4OS/c1-2-30-12-28-18-19(30)29-21(31(20(18)32)16-7-5-15(23)6-8-16)33-10-9-13-3-4-14(11-17(13)24)22(25,26)27/h3-8,11-12H,2,9-10H2,1H3. The molecule has 0 atom stereocenters. The lowest BCUT2D eigenvalue weighted by atomic mass is 10.1. The molecule has 0 N–H and O–H groups in total. The monoisotopic (exact) mass is 512 g/mol. The number of hydrogen-bond acceptors (Lipinski definition) is 4. The maximum Gasteiger partial charge on any atom is 0.416 e. The highest BCUT2D eigenvalue weighted by Gasteiger charge is 2.30. The van der Waals surface area contributed by atoms with Crippen LogP contribution < -0.4 is 5.56 Å². The molecule has 0 spiro atoms. The molecule has 0 aliphatic rings. The van der Waals surface area contributed by atoms with Gasteiger partial charge in [0, 0.05) is 22.3 Å². The summed E-state index contributed by atoms with van der Waals surface area (Å²) in [6.07, 6.45) is -2.49. The lowest BCUT2D eigenvalue weighted by Gasteiger charge is -2.13. The minimum Gasteiger partial charge on any atom is -0.315 e. The van der Waals surface area contributed by atoms with E-state index in [4.69, 9.17) is 23.2 Å². The van der Waals surface area contributed by atoms with Gasteiger partial charge in [-0.2, -0.15) is 13.2 Å². The fraction of sp³-hybridized carbons (Fsp3) is 0.227. The molecule has 2 aromatic carbocycles. The first kappa shape index (κ1) is 23.7. The van der Waals surface area contributed by atoms with Crippen LogP contribution in [0, 0.1) is 0 Å². The molecule has 0 aliphatic heterocycles. The molecule has 0 amide bonds. The minimum atomic E-state index is -4.45. The maximum atomic E-state index is 13.3. The van der Waals surface area contributed by atoms with Gasteiger partial charge in [0.05, 0.1) is 17.6 Å². The third-order valence-electron chi connectivity index (χ3n) is 5.02. The molecule has 0 saturated carbocycles. The van der Waals surface area contributed by atoms with Gasteiger partial charge < -0.3 is 4.57 Å². The molecule has 0 aliphatic carbocycles. The fourth-order valence-corrected chi connectivity index (χ4v) is 4.68. The topological polar surface area (TPSA) is 52.7 Å². The molecule has 5 nitrogen and oxygen atoms in total. The van der Waals surface area contributed by atoms with Crippen molar-refractivity contribution in [3.05, 3.63) is 80.3 Å². The molecule has 2 heterocycles. The van der Waals surface area contributed by atoms with Gasteiger partial charge in [-0.3, -0.25) is 9.36 Å². The SMILES string of the molecule is CCn1cnc2c(=O)n(-c3ccc(Cl)cc3)c(SCCc3ccc(C(F)(F)F)cc3Cl)nc21. The van der Waals surface area contributed by atoms with Gasteiger partial charge in [0.2, 0.25) is 0 Å². The Morgan fingerprint density at radius 1 is 1.09 bits per heavy atom. The van der Waals surface area contributed by atoms with Crippen molar-refractivity contribution in [3.63, 3.8) is 0 Å². The van der Waals surface area contributed by atoms with Crippen LogP contribution in [0.1, 0.15) is 18.1 Å². The highest BCUT2D eigenvalue weighted by molar-refractivity contribution is 7.99. The van der Waals surface area contributed by atoms with Crippen molar-refractivity contribution in [2.45, 2.75) is 31.2 Å². The molecule has 172 valence electrons. The van der Waals surface area contributed by atoms with Crippen LogP contribution >= 0.6 is 35.0 Å². The molecule has 0 radical (unpaired) electrons. The van der Waals surface area contributed by atoms with E-state index in [-0.39, 0.29) is 16.1 Å². The summed E-state index contributed by atoms with van der Waals surface area (Å²) >= 11 is 13.4. The molecule has 2 aromatic heterocycles. The van der Waals surface area contributed by atoms with Crippen LogP contribution in [0.15, 0.2) is 58.7 Å². The summed E-state index contributed by atoms with van der Waals surface area (Å²) < 4.78 is 41.9. The number of imidazole rings is 1. The number of rotatable bonds is 6. The predicted octanol–water partition coefficient (Wildman–Crippen LogP) is 6.26. The fourth-order valence-electron chi connectivity index (χ4n) is 3.30. The van der Waals surface area contributed by atoms with Gasteiger partial charge in [0.15, 0.2) is 16.3 Å². The summed E-state index contributed by atoms with van der Waals surface area (Å²) in [5, 5.41) is 1.02. The van der Waals surface area contributed by atoms with Crippen molar-refractivity contribution in [1.29, 1.82) is 0 Å². The number of nitrogens with zero attached hydrogens (tertiary/aromatic N) is 4. The predicted molar refractivity (Wildman–Crippen MR) is 125 cm³/mol. The molecule has 4 rings (SSSR count). The first-order valence-corrected chi connectivity index (χ1v) is 11.7. The largest absolute Gasteiger partial charge is 0.416 e. The lowest BCUT2D eigenvalue weighted by molar-refractivity contribution is -0.137. The van der Waals surface area contributed by atoms with E-state index in [1.54, 1.807) is 35.2 Å². The van der Waals surface area contributed by atoms with E-state index in [1.807, 2.05) is 6.92 Å². The lowest BCUT2D eigenvalue weighted by Crippen LogP contribution is -2.22. The number of alkyl halides is 3. The van der Waals surface area contributed by atoms with Gasteiger partial charge in [0.25, 0.3) is 5.56 Å². The highest BCUT2D eigenvalue weighted by atomic mass is 35.5. The zero-order valence-electron chi connectivity index (χ0n) is 17.2. The molecule has 0 unspecified atom stereocenters. The second-order valence-electron chi connectivity index (χ2n) is 7.12. The molecule has 4 aromatic rings. The van der Waals surface area contributed by atoms with Gasteiger partial charge >= 0.3 is 6.18 Å². The van der Waals surface area contributed by atoms with Crippen molar-refractivity contribution in [2.24, 2.45) is 0 Å². The van der Waals surface area contributed by atoms with Crippen LogP contribution in [0.2, 0.25) is 10.0 Å². The molecular weight excluding hydrogens is 496 g/mol. The third kappa shape index (κ3) is 4.90. The van der Waals surface area contributed by atoms with E-state index in [0.29, 0.717) is 45.8 Å². The van der Waals surface area contributed by atoms with Gasteiger partial charge in [-0.15, -0.1) is 0 Å². The second-order valence-corrected chi connectivity index (χ2v) is 9.02. The number of benzene rings is 2. The molecule has 0 fully saturated rings. The van der Waals surface area contributed by atoms with E-state index < -0.39 is 11.7 Å². The van der Waals surface area contributed by atoms with Crippen molar-refractivity contribution >= 4 is 46.1 Å². The molecule has 33 heavy (non-hydrogen) atoms. The van der Waals surface area contributed by atoms with Crippen LogP contribution in [0.3, 0.4) is 0 Å². The van der Waals surface area contributed by atoms with Gasteiger partial charge in [0.1, 0.15) is 0 Å². The minimum absolute atomic E-state index is 0.0491. The average Bonchev–Trinajstić information content (AvgIpc) is 3.18. The zero-order chi connectivity index (χ0) is 23.8. The van der Waals surface area contributed by atoms with E-state index in [9.17, 15) is 18.0 Å². The van der Waals surface area contributed by atoms with Crippen LogP contribution in [-0.4, -0.2) is 24.9 Å². The second kappa shape index (κ2) is 9.40. The van der Waals surface area contributed by atoms with Crippen LogP contribution in [-0.2, 0) is 19.1 Å². The van der Waals surface area contributed by atoms with Crippen LogP contribution in [0.25, 0.3) is 16.9 Å². The van der Waals surface area contributed by atoms with Gasteiger partial charge in [-0.25, -0.2) is 9.97 Å². The Labute approximate surface area is 201 Å². The summed E-state index contributed by atoms with van der Waals surface area (Å²) in [4.78, 5) is 22.2.